The van der Waals surface area contributed by atoms with Gasteiger partial charge in [-0.25, -0.2) is 0 Å². The van der Waals surface area contributed by atoms with E-state index in [9.17, 15) is 24.0 Å². The van der Waals surface area contributed by atoms with Crippen LogP contribution in [0.25, 0.3) is 5.70 Å². The van der Waals surface area contributed by atoms with Crippen molar-refractivity contribution in [3.05, 3.63) is 28.8 Å². The molecule has 0 aromatic heterocycles. The molecule has 1 aromatic carbocycles. The van der Waals surface area contributed by atoms with Crippen molar-refractivity contribution in [2.24, 2.45) is 11.3 Å². The van der Waals surface area contributed by atoms with Crippen LogP contribution in [0.15, 0.2) is 18.2 Å². The number of fused-ring (bicyclic) bond motifs is 1. The maximum Gasteiger partial charge on any atom is 0.289 e. The van der Waals surface area contributed by atoms with Crippen molar-refractivity contribution in [2.75, 3.05) is 13.3 Å². The Kier molecular flexibility index (Phi) is 10.9. The Morgan fingerprint density at radius 1 is 1.04 bits per heavy atom. The number of halogens is 1. The summed E-state index contributed by atoms with van der Waals surface area (Å²) in [5.41, 5.74) is 2.34. The second kappa shape index (κ2) is 15.0. The molecule has 4 N–H and O–H groups in total. The number of benzene rings is 1. The number of hydrogen-bond donors (Lipinski definition) is 4. The highest BCUT2D eigenvalue weighted by molar-refractivity contribution is 6.38. The van der Waals surface area contributed by atoms with E-state index in [-0.39, 0.29) is 44.0 Å². The number of amides is 4. The molecular formula is C37H50ClN5O8. The maximum absolute atomic E-state index is 14.6. The molecule has 13 nitrogen and oxygen atoms in total. The van der Waals surface area contributed by atoms with Gasteiger partial charge in [0.05, 0.1) is 23.3 Å². The first-order valence-electron chi connectivity index (χ1n) is 18.3. The normalized spacial score (nSPS) is 24.1. The van der Waals surface area contributed by atoms with Crippen LogP contribution in [0, 0.1) is 11.3 Å². The summed E-state index contributed by atoms with van der Waals surface area (Å²) in [5, 5.41) is 8.90. The first-order chi connectivity index (χ1) is 24.3. The molecule has 4 atom stereocenters. The van der Waals surface area contributed by atoms with Gasteiger partial charge in [-0.3, -0.25) is 34.3 Å². The van der Waals surface area contributed by atoms with E-state index in [2.05, 4.69) is 21.4 Å². The molecule has 1 spiro atoms. The maximum atomic E-state index is 14.6. The molecule has 1 saturated heterocycles. The molecule has 0 bridgehead atoms. The quantitative estimate of drug-likeness (QED) is 0.234. The summed E-state index contributed by atoms with van der Waals surface area (Å²) in [7, 11) is 0. The average Bonchev–Trinajstić information content (AvgIpc) is 3.44. The Balaban J connectivity index is 1.27. The zero-order valence-electron chi connectivity index (χ0n) is 29.9. The lowest BCUT2D eigenvalue weighted by Gasteiger charge is -2.36. The largest absolute Gasteiger partial charge is 0.454 e. The third-order valence-electron chi connectivity index (χ3n) is 10.4. The fraction of sp³-hybridized carbons (Fsp3) is 0.649. The highest BCUT2D eigenvalue weighted by Crippen LogP contribution is 2.44. The Hall–Kier alpha value is -3.84. The number of nitrogens with zero attached hydrogens (tertiary/aromatic N) is 1. The summed E-state index contributed by atoms with van der Waals surface area (Å²) in [6, 6.07) is 0.382. The minimum absolute atomic E-state index is 0.0155. The second-order valence-corrected chi connectivity index (χ2v) is 16.1. The predicted octanol–water partition coefficient (Wildman–Crippen LogP) is 3.92. The van der Waals surface area contributed by atoms with Crippen molar-refractivity contribution in [2.45, 2.75) is 128 Å². The Labute approximate surface area is 303 Å². The van der Waals surface area contributed by atoms with Crippen LogP contribution < -0.4 is 30.9 Å². The van der Waals surface area contributed by atoms with Crippen LogP contribution in [0.2, 0.25) is 5.02 Å². The zero-order chi connectivity index (χ0) is 36.5. The number of carbonyl (C=O) groups excluding carboxylic acids is 5. The van der Waals surface area contributed by atoms with E-state index in [1.54, 1.807) is 12.1 Å². The van der Waals surface area contributed by atoms with E-state index < -0.39 is 52.6 Å². The SMILES string of the molecule is CCC[C@H](NC(=O)[C@@H]1C[C@]2(C=C(c3cc(Cl)c4c(c3)OCO4)NO2)CN1C(=O)[C@@H](NC(=O)CC1CCCCC1)C(C)(C)C)C(=O)C(=O)NC1CC1. The Bertz CT molecular complexity index is 1580. The first kappa shape index (κ1) is 36.9. The van der Waals surface area contributed by atoms with Crippen LogP contribution in [0.4, 0.5) is 0 Å². The van der Waals surface area contributed by atoms with E-state index in [4.69, 9.17) is 25.9 Å². The summed E-state index contributed by atoms with van der Waals surface area (Å²) in [4.78, 5) is 75.8. The summed E-state index contributed by atoms with van der Waals surface area (Å²) in [6.07, 6.45) is 9.98. The van der Waals surface area contributed by atoms with Gasteiger partial charge in [-0.1, -0.05) is 65.0 Å². The van der Waals surface area contributed by atoms with Gasteiger partial charge in [0.1, 0.15) is 17.7 Å². The number of Topliss-reactive ketones (excluding diaryl/α,β-unsaturated/α-hetero) is 1. The number of hydroxylamine groups is 1. The van der Waals surface area contributed by atoms with Crippen LogP contribution in [0.1, 0.15) is 104 Å². The number of hydrogen-bond acceptors (Lipinski definition) is 9. The highest BCUT2D eigenvalue weighted by atomic mass is 35.5. The van der Waals surface area contributed by atoms with Crippen LogP contribution in [0.3, 0.4) is 0 Å². The minimum atomic E-state index is -1.14. The molecule has 5 aliphatic rings. The van der Waals surface area contributed by atoms with Gasteiger partial charge in [-0.15, -0.1) is 0 Å². The Morgan fingerprint density at radius 3 is 2.47 bits per heavy atom. The van der Waals surface area contributed by atoms with E-state index in [1.807, 2.05) is 33.8 Å². The standard InChI is InChI=1S/C37H50ClN5O8/c1-5-9-25(30(45)34(47)39-23-12-13-23)40-33(46)27-18-37(17-26(42-51-37)22-15-24(38)31-28(16-22)49-20-50-31)19-43(27)35(48)32(36(2,3)4)41-29(44)14-21-10-7-6-8-11-21/h15-17,21,23,25,27,32,42H,5-14,18-20H2,1-4H3,(H,39,47)(H,40,46)(H,41,44)/t25-,27-,32+,37+/m0/s1. The lowest BCUT2D eigenvalue weighted by Crippen LogP contribution is -2.59. The smallest absolute Gasteiger partial charge is 0.289 e. The second-order valence-electron chi connectivity index (χ2n) is 15.7. The minimum Gasteiger partial charge on any atom is -0.454 e. The summed E-state index contributed by atoms with van der Waals surface area (Å²) in [6.45, 7) is 7.53. The molecule has 278 valence electrons. The monoisotopic (exact) mass is 727 g/mol. The van der Waals surface area contributed by atoms with Gasteiger partial charge in [-0.2, -0.15) is 0 Å². The highest BCUT2D eigenvalue weighted by Gasteiger charge is 2.54. The summed E-state index contributed by atoms with van der Waals surface area (Å²) < 4.78 is 11.0. The lowest BCUT2D eigenvalue weighted by molar-refractivity contribution is -0.145. The number of ketones is 1. The summed E-state index contributed by atoms with van der Waals surface area (Å²) >= 11 is 6.47. The lowest BCUT2D eigenvalue weighted by atomic mass is 9.84. The molecule has 1 aromatic rings. The molecule has 3 aliphatic heterocycles. The average molecular weight is 728 g/mol. The molecule has 2 saturated carbocycles. The fourth-order valence-corrected chi connectivity index (χ4v) is 7.71. The van der Waals surface area contributed by atoms with Crippen molar-refractivity contribution in [1.29, 1.82) is 0 Å². The number of rotatable bonds is 12. The molecule has 6 rings (SSSR count). The van der Waals surface area contributed by atoms with Gasteiger partial charge < -0.3 is 30.3 Å². The molecular weight excluding hydrogens is 678 g/mol. The van der Waals surface area contributed by atoms with Gasteiger partial charge in [0.25, 0.3) is 5.91 Å². The van der Waals surface area contributed by atoms with Crippen LogP contribution in [-0.4, -0.2) is 77.4 Å². The van der Waals surface area contributed by atoms with Gasteiger partial charge in [-0.05, 0) is 61.6 Å². The van der Waals surface area contributed by atoms with E-state index in [0.717, 1.165) is 38.5 Å². The van der Waals surface area contributed by atoms with Crippen LogP contribution >= 0.6 is 11.6 Å². The molecule has 3 fully saturated rings. The molecule has 51 heavy (non-hydrogen) atoms. The molecule has 2 aliphatic carbocycles. The molecule has 4 amide bonds. The zero-order valence-corrected chi connectivity index (χ0v) is 30.7. The molecule has 0 radical (unpaired) electrons. The van der Waals surface area contributed by atoms with Gasteiger partial charge >= 0.3 is 0 Å². The molecule has 0 unspecified atom stereocenters. The summed E-state index contributed by atoms with van der Waals surface area (Å²) in [5.74, 6) is -1.44. The first-order valence-corrected chi connectivity index (χ1v) is 18.7. The van der Waals surface area contributed by atoms with Crippen molar-refractivity contribution >= 4 is 46.7 Å². The van der Waals surface area contributed by atoms with Crippen molar-refractivity contribution in [3.8, 4) is 11.5 Å². The number of ether oxygens (including phenoxy) is 2. The van der Waals surface area contributed by atoms with Crippen LogP contribution in [0.5, 0.6) is 11.5 Å². The number of carbonyl (C=O) groups is 5. The molecule has 3 heterocycles. The van der Waals surface area contributed by atoms with Crippen molar-refractivity contribution in [3.63, 3.8) is 0 Å². The third-order valence-corrected chi connectivity index (χ3v) is 10.7. The van der Waals surface area contributed by atoms with Gasteiger partial charge in [0.2, 0.25) is 30.3 Å². The van der Waals surface area contributed by atoms with E-state index in [1.165, 1.54) is 11.3 Å². The van der Waals surface area contributed by atoms with Crippen LogP contribution in [-0.2, 0) is 28.8 Å². The van der Waals surface area contributed by atoms with Gasteiger partial charge in [0, 0.05) is 24.4 Å². The fourth-order valence-electron chi connectivity index (χ4n) is 7.44. The molecule has 14 heteroatoms. The third kappa shape index (κ3) is 8.46. The van der Waals surface area contributed by atoms with Crippen molar-refractivity contribution < 1.29 is 38.3 Å². The van der Waals surface area contributed by atoms with Gasteiger partial charge in [0.15, 0.2) is 11.5 Å². The number of likely N-dealkylation sites (tertiary alicyclic amines) is 1. The van der Waals surface area contributed by atoms with E-state index >= 15 is 0 Å². The van der Waals surface area contributed by atoms with Crippen molar-refractivity contribution in [1.82, 2.24) is 26.3 Å². The predicted molar refractivity (Wildman–Crippen MR) is 188 cm³/mol. The number of nitrogens with one attached hydrogen (secondary N) is 4. The topological polar surface area (TPSA) is 164 Å². The Morgan fingerprint density at radius 2 is 1.78 bits per heavy atom. The van der Waals surface area contributed by atoms with E-state index in [0.29, 0.717) is 40.6 Å².